The van der Waals surface area contributed by atoms with Crippen LogP contribution in [0.2, 0.25) is 0 Å². The minimum atomic E-state index is -0.222. The lowest BCUT2D eigenvalue weighted by atomic mass is 10.1. The minimum absolute atomic E-state index is 0.0457. The maximum atomic E-state index is 12.3. The third-order valence-electron chi connectivity index (χ3n) is 3.74. The Hall–Kier alpha value is -1.36. The molecule has 1 unspecified atom stereocenters. The topological polar surface area (TPSA) is 50.2 Å². The Bertz CT molecular complexity index is 489. The zero-order valence-corrected chi connectivity index (χ0v) is 12.3. The maximum Gasteiger partial charge on any atom is 0.293 e. The van der Waals surface area contributed by atoms with Crippen molar-refractivity contribution < 1.29 is 0 Å². The van der Waals surface area contributed by atoms with Crippen LogP contribution in [-0.4, -0.2) is 40.6 Å². The summed E-state index contributed by atoms with van der Waals surface area (Å²) < 4.78 is 1.72. The van der Waals surface area contributed by atoms with Gasteiger partial charge < -0.3 is 14.8 Å². The molecule has 1 atom stereocenters. The average Bonchev–Trinajstić information content (AvgIpc) is 2.72. The van der Waals surface area contributed by atoms with Gasteiger partial charge in [0.1, 0.15) is 0 Å². The van der Waals surface area contributed by atoms with Gasteiger partial charge in [-0.1, -0.05) is 0 Å². The van der Waals surface area contributed by atoms with Crippen molar-refractivity contribution in [3.8, 4) is 0 Å². The highest BCUT2D eigenvalue weighted by molar-refractivity contribution is 5.31. The second-order valence-electron chi connectivity index (χ2n) is 6.28. The lowest BCUT2D eigenvalue weighted by Crippen LogP contribution is -2.37. The van der Waals surface area contributed by atoms with Gasteiger partial charge in [0, 0.05) is 30.5 Å². The predicted octanol–water partition coefficient (Wildman–Crippen LogP) is 1.50. The van der Waals surface area contributed by atoms with Gasteiger partial charge in [0.05, 0.1) is 0 Å². The Balaban J connectivity index is 2.11. The molecule has 1 fully saturated rings. The maximum absolute atomic E-state index is 12.3. The van der Waals surface area contributed by atoms with Gasteiger partial charge in [-0.15, -0.1) is 0 Å². The van der Waals surface area contributed by atoms with Crippen molar-refractivity contribution in [2.75, 3.05) is 25.5 Å². The third kappa shape index (κ3) is 3.15. The van der Waals surface area contributed by atoms with Crippen LogP contribution in [0, 0.1) is 0 Å². The molecule has 1 N–H and O–H groups in total. The molecule has 1 aliphatic rings. The molecule has 5 heteroatoms. The van der Waals surface area contributed by atoms with Crippen molar-refractivity contribution in [2.45, 2.75) is 45.2 Å². The Labute approximate surface area is 114 Å². The number of rotatable bonds is 3. The lowest BCUT2D eigenvalue weighted by Gasteiger charge is -2.23. The Morgan fingerprint density at radius 2 is 2.21 bits per heavy atom. The highest BCUT2D eigenvalue weighted by atomic mass is 16.1. The van der Waals surface area contributed by atoms with Gasteiger partial charge in [-0.05, 0) is 47.2 Å². The first-order chi connectivity index (χ1) is 8.89. The van der Waals surface area contributed by atoms with Gasteiger partial charge in [0.15, 0.2) is 5.82 Å². The van der Waals surface area contributed by atoms with Crippen molar-refractivity contribution >= 4 is 5.82 Å². The van der Waals surface area contributed by atoms with E-state index in [1.165, 1.54) is 12.8 Å². The molecule has 106 valence electrons. The first-order valence-corrected chi connectivity index (χ1v) is 6.92. The summed E-state index contributed by atoms with van der Waals surface area (Å²) in [6.07, 6.45) is 5.85. The second kappa shape index (κ2) is 5.33. The largest absolute Gasteiger partial charge is 0.364 e. The van der Waals surface area contributed by atoms with Gasteiger partial charge in [-0.25, -0.2) is 4.98 Å². The zero-order valence-electron chi connectivity index (χ0n) is 12.3. The van der Waals surface area contributed by atoms with Gasteiger partial charge in [0.2, 0.25) is 0 Å². The molecule has 5 nitrogen and oxygen atoms in total. The summed E-state index contributed by atoms with van der Waals surface area (Å²) in [7, 11) is 2.13. The lowest BCUT2D eigenvalue weighted by molar-refractivity contribution is 0.321. The van der Waals surface area contributed by atoms with Crippen LogP contribution in [0.15, 0.2) is 17.2 Å². The molecule has 19 heavy (non-hydrogen) atoms. The molecular formula is C14H24N4O. The molecule has 1 saturated heterocycles. The summed E-state index contributed by atoms with van der Waals surface area (Å²) >= 11 is 0. The van der Waals surface area contributed by atoms with Gasteiger partial charge >= 0.3 is 0 Å². The predicted molar refractivity (Wildman–Crippen MR) is 77.6 cm³/mol. The van der Waals surface area contributed by atoms with Crippen LogP contribution >= 0.6 is 0 Å². The first-order valence-electron chi connectivity index (χ1n) is 6.92. The molecule has 0 aromatic carbocycles. The van der Waals surface area contributed by atoms with E-state index in [2.05, 4.69) is 22.2 Å². The van der Waals surface area contributed by atoms with E-state index < -0.39 is 0 Å². The normalized spacial score (nSPS) is 20.7. The molecule has 2 heterocycles. The van der Waals surface area contributed by atoms with Crippen molar-refractivity contribution in [3.05, 3.63) is 22.7 Å². The summed E-state index contributed by atoms with van der Waals surface area (Å²) in [4.78, 5) is 18.8. The molecule has 0 saturated carbocycles. The van der Waals surface area contributed by atoms with Gasteiger partial charge in [0.25, 0.3) is 5.56 Å². The number of anilines is 1. The van der Waals surface area contributed by atoms with E-state index in [1.807, 2.05) is 20.8 Å². The molecule has 0 aliphatic carbocycles. The number of likely N-dealkylation sites (tertiary alicyclic amines) is 1. The molecular weight excluding hydrogens is 240 g/mol. The van der Waals surface area contributed by atoms with Gasteiger partial charge in [-0.2, -0.15) is 0 Å². The number of aromatic nitrogens is 2. The fourth-order valence-electron chi connectivity index (χ4n) is 2.51. The Morgan fingerprint density at radius 1 is 1.47 bits per heavy atom. The SMILES string of the molecule is CN1CCCC1CNc1nccn(C(C)(C)C)c1=O. The molecule has 0 radical (unpaired) electrons. The van der Waals surface area contributed by atoms with Crippen LogP contribution in [0.5, 0.6) is 0 Å². The first kappa shape index (κ1) is 14.1. The monoisotopic (exact) mass is 264 g/mol. The van der Waals surface area contributed by atoms with Crippen LogP contribution in [0.1, 0.15) is 33.6 Å². The van der Waals surface area contributed by atoms with E-state index in [9.17, 15) is 4.79 Å². The highest BCUT2D eigenvalue weighted by Crippen LogP contribution is 2.15. The van der Waals surface area contributed by atoms with Crippen LogP contribution in [0.3, 0.4) is 0 Å². The van der Waals surface area contributed by atoms with Crippen molar-refractivity contribution in [1.82, 2.24) is 14.5 Å². The number of nitrogens with zero attached hydrogens (tertiary/aromatic N) is 3. The van der Waals surface area contributed by atoms with Crippen LogP contribution < -0.4 is 10.9 Å². The summed E-state index contributed by atoms with van der Waals surface area (Å²) in [6.45, 7) is 7.97. The molecule has 0 amide bonds. The number of likely N-dealkylation sites (N-methyl/N-ethyl adjacent to an activating group) is 1. The molecule has 1 aliphatic heterocycles. The summed E-state index contributed by atoms with van der Waals surface area (Å²) in [5.41, 5.74) is -0.267. The Kier molecular flexibility index (Phi) is 3.94. The van der Waals surface area contributed by atoms with E-state index >= 15 is 0 Å². The van der Waals surface area contributed by atoms with E-state index in [-0.39, 0.29) is 11.1 Å². The van der Waals surface area contributed by atoms with Crippen molar-refractivity contribution in [3.63, 3.8) is 0 Å². The van der Waals surface area contributed by atoms with E-state index in [1.54, 1.807) is 17.0 Å². The summed E-state index contributed by atoms with van der Waals surface area (Å²) in [5.74, 6) is 0.456. The Morgan fingerprint density at radius 3 is 2.79 bits per heavy atom. The fourth-order valence-corrected chi connectivity index (χ4v) is 2.51. The summed E-state index contributed by atoms with van der Waals surface area (Å²) in [5, 5.41) is 3.21. The molecule has 0 bridgehead atoms. The number of hydrogen-bond donors (Lipinski definition) is 1. The standard InChI is InChI=1S/C14H24N4O/c1-14(2,3)18-9-7-15-12(13(18)19)16-10-11-6-5-8-17(11)4/h7,9,11H,5-6,8,10H2,1-4H3,(H,15,16). The molecule has 2 rings (SSSR count). The molecule has 1 aromatic rings. The highest BCUT2D eigenvalue weighted by Gasteiger charge is 2.21. The number of nitrogens with one attached hydrogen (secondary N) is 1. The molecule has 0 spiro atoms. The van der Waals surface area contributed by atoms with Crippen LogP contribution in [0.4, 0.5) is 5.82 Å². The fraction of sp³-hybridized carbons (Fsp3) is 0.714. The van der Waals surface area contributed by atoms with Crippen LogP contribution in [-0.2, 0) is 5.54 Å². The number of hydrogen-bond acceptors (Lipinski definition) is 4. The minimum Gasteiger partial charge on any atom is -0.364 e. The van der Waals surface area contributed by atoms with Crippen molar-refractivity contribution in [1.29, 1.82) is 0 Å². The van der Waals surface area contributed by atoms with Crippen molar-refractivity contribution in [2.24, 2.45) is 0 Å². The van der Waals surface area contributed by atoms with Crippen LogP contribution in [0.25, 0.3) is 0 Å². The van der Waals surface area contributed by atoms with E-state index in [4.69, 9.17) is 0 Å². The third-order valence-corrected chi connectivity index (χ3v) is 3.74. The summed E-state index contributed by atoms with van der Waals surface area (Å²) in [6, 6.07) is 0.504. The quantitative estimate of drug-likeness (QED) is 0.899. The zero-order chi connectivity index (χ0) is 14.0. The van der Waals surface area contributed by atoms with E-state index in [0.29, 0.717) is 11.9 Å². The smallest absolute Gasteiger partial charge is 0.293 e. The molecule has 1 aromatic heterocycles. The average molecular weight is 264 g/mol. The second-order valence-corrected chi connectivity index (χ2v) is 6.28. The van der Waals surface area contributed by atoms with Gasteiger partial charge in [-0.3, -0.25) is 4.79 Å². The van der Waals surface area contributed by atoms with E-state index in [0.717, 1.165) is 13.1 Å².